The highest BCUT2D eigenvalue weighted by atomic mass is 16.5. The lowest BCUT2D eigenvalue weighted by molar-refractivity contribution is 0.456. The zero-order valence-corrected chi connectivity index (χ0v) is 12.6. The van der Waals surface area contributed by atoms with E-state index in [0.29, 0.717) is 17.7 Å². The van der Waals surface area contributed by atoms with Crippen molar-refractivity contribution in [3.8, 4) is 11.6 Å². The van der Waals surface area contributed by atoms with Crippen LogP contribution in [0.4, 0.5) is 0 Å². The Labute approximate surface area is 124 Å². The Bertz CT molecular complexity index is 715. The average Bonchev–Trinajstić information content (AvgIpc) is 3.21. The average molecular weight is 284 g/mol. The number of hydrogen-bond donors (Lipinski definition) is 1. The maximum absolute atomic E-state index is 11.7. The lowest BCUT2D eigenvalue weighted by Gasteiger charge is -2.12. The Morgan fingerprint density at radius 2 is 2.05 bits per heavy atom. The molecule has 0 aliphatic heterocycles. The smallest absolute Gasteiger partial charge is 0.254 e. The minimum Gasteiger partial charge on any atom is -0.439 e. The minimum absolute atomic E-state index is 0.155. The van der Waals surface area contributed by atoms with Crippen molar-refractivity contribution in [2.75, 3.05) is 0 Å². The summed E-state index contributed by atoms with van der Waals surface area (Å²) in [5.74, 6) is 2.71. The topological polar surface area (TPSA) is 55.0 Å². The first-order chi connectivity index (χ1) is 10.0. The van der Waals surface area contributed by atoms with Gasteiger partial charge in [0.15, 0.2) is 0 Å². The zero-order valence-electron chi connectivity index (χ0n) is 12.6. The van der Waals surface area contributed by atoms with Gasteiger partial charge in [-0.2, -0.15) is 4.98 Å². The number of rotatable bonds is 4. The molecule has 0 atom stereocenters. The van der Waals surface area contributed by atoms with Gasteiger partial charge in [0.25, 0.3) is 5.56 Å². The van der Waals surface area contributed by atoms with Crippen molar-refractivity contribution in [1.82, 2.24) is 9.97 Å². The molecule has 21 heavy (non-hydrogen) atoms. The monoisotopic (exact) mass is 284 g/mol. The summed E-state index contributed by atoms with van der Waals surface area (Å²) in [6, 6.07) is 7.40. The molecule has 1 N–H and O–H groups in total. The van der Waals surface area contributed by atoms with Gasteiger partial charge >= 0.3 is 0 Å². The van der Waals surface area contributed by atoms with Gasteiger partial charge in [-0.25, -0.2) is 0 Å². The summed E-state index contributed by atoms with van der Waals surface area (Å²) in [6.45, 7) is 6.41. The van der Waals surface area contributed by atoms with E-state index in [9.17, 15) is 4.79 Å². The molecule has 1 aliphatic rings. The first-order valence-corrected chi connectivity index (χ1v) is 7.42. The molecule has 3 rings (SSSR count). The van der Waals surface area contributed by atoms with Crippen LogP contribution in [0.5, 0.6) is 11.6 Å². The third-order valence-electron chi connectivity index (χ3n) is 3.79. The van der Waals surface area contributed by atoms with E-state index in [1.54, 1.807) is 0 Å². The molecule has 110 valence electrons. The number of aryl methyl sites for hydroxylation is 1. The normalized spacial score (nSPS) is 14.5. The standard InChI is InChI=1S/C17H20N2O2/c1-10(2)14-7-6-13(8-11(14)3)21-16-9-15(20)18-17(19-16)12-4-5-12/h6-10,12H,4-5H2,1-3H3,(H,18,19,20). The summed E-state index contributed by atoms with van der Waals surface area (Å²) in [5, 5.41) is 0. The van der Waals surface area contributed by atoms with Crippen molar-refractivity contribution in [3.63, 3.8) is 0 Å². The molecule has 0 radical (unpaired) electrons. The van der Waals surface area contributed by atoms with E-state index in [1.807, 2.05) is 12.1 Å². The van der Waals surface area contributed by atoms with E-state index in [1.165, 1.54) is 17.2 Å². The molecule has 1 aliphatic carbocycles. The summed E-state index contributed by atoms with van der Waals surface area (Å²) in [4.78, 5) is 18.9. The third kappa shape index (κ3) is 3.15. The van der Waals surface area contributed by atoms with Gasteiger partial charge in [0.05, 0.1) is 6.07 Å². The minimum atomic E-state index is -0.155. The Morgan fingerprint density at radius 1 is 1.29 bits per heavy atom. The highest BCUT2D eigenvalue weighted by Gasteiger charge is 2.26. The zero-order chi connectivity index (χ0) is 15.0. The van der Waals surface area contributed by atoms with Crippen LogP contribution in [0.25, 0.3) is 0 Å². The third-order valence-corrected chi connectivity index (χ3v) is 3.79. The maximum atomic E-state index is 11.7. The number of aromatic nitrogens is 2. The van der Waals surface area contributed by atoms with Gasteiger partial charge in [0.1, 0.15) is 11.6 Å². The molecular formula is C17H20N2O2. The van der Waals surface area contributed by atoms with E-state index in [0.717, 1.165) is 24.4 Å². The number of benzene rings is 1. The second-order valence-corrected chi connectivity index (χ2v) is 6.02. The lowest BCUT2D eigenvalue weighted by atomic mass is 9.98. The first kappa shape index (κ1) is 13.9. The molecule has 0 unspecified atom stereocenters. The number of nitrogens with zero attached hydrogens (tertiary/aromatic N) is 1. The molecule has 1 heterocycles. The molecule has 4 heteroatoms. The fourth-order valence-corrected chi connectivity index (χ4v) is 2.54. The molecule has 1 aromatic heterocycles. The SMILES string of the molecule is Cc1cc(Oc2cc(=O)[nH]c(C3CC3)n2)ccc1C(C)C. The summed E-state index contributed by atoms with van der Waals surface area (Å²) in [5.41, 5.74) is 2.34. The summed E-state index contributed by atoms with van der Waals surface area (Å²) in [6.07, 6.45) is 2.18. The van der Waals surface area contributed by atoms with Crippen molar-refractivity contribution in [2.24, 2.45) is 0 Å². The van der Waals surface area contributed by atoms with Gasteiger partial charge in [-0.1, -0.05) is 19.9 Å². The number of aromatic amines is 1. The Kier molecular flexibility index (Phi) is 3.53. The van der Waals surface area contributed by atoms with Crippen LogP contribution < -0.4 is 10.3 Å². The van der Waals surface area contributed by atoms with Crippen LogP contribution in [0.2, 0.25) is 0 Å². The van der Waals surface area contributed by atoms with Crippen LogP contribution in [0.15, 0.2) is 29.1 Å². The fourth-order valence-electron chi connectivity index (χ4n) is 2.54. The molecular weight excluding hydrogens is 264 g/mol. The van der Waals surface area contributed by atoms with Crippen molar-refractivity contribution in [2.45, 2.75) is 45.4 Å². The number of H-pyrrole nitrogens is 1. The number of nitrogens with one attached hydrogen (secondary N) is 1. The van der Waals surface area contributed by atoms with Crippen LogP contribution >= 0.6 is 0 Å². The molecule has 0 spiro atoms. The summed E-state index contributed by atoms with van der Waals surface area (Å²) >= 11 is 0. The van der Waals surface area contributed by atoms with Crippen LogP contribution in [-0.2, 0) is 0 Å². The van der Waals surface area contributed by atoms with Crippen molar-refractivity contribution in [1.29, 1.82) is 0 Å². The lowest BCUT2D eigenvalue weighted by Crippen LogP contribution is -2.10. The Hall–Kier alpha value is -2.10. The van der Waals surface area contributed by atoms with Crippen molar-refractivity contribution >= 4 is 0 Å². The van der Waals surface area contributed by atoms with Crippen LogP contribution in [0.1, 0.15) is 55.5 Å². The molecule has 2 aromatic rings. The van der Waals surface area contributed by atoms with Gasteiger partial charge in [-0.05, 0) is 48.9 Å². The van der Waals surface area contributed by atoms with Crippen LogP contribution in [0.3, 0.4) is 0 Å². The molecule has 1 aromatic carbocycles. The second kappa shape index (κ2) is 5.35. The number of ether oxygens (including phenoxy) is 1. The quantitative estimate of drug-likeness (QED) is 0.927. The Morgan fingerprint density at radius 3 is 2.67 bits per heavy atom. The van der Waals surface area contributed by atoms with E-state index < -0.39 is 0 Å². The molecule has 0 bridgehead atoms. The van der Waals surface area contributed by atoms with E-state index >= 15 is 0 Å². The largest absolute Gasteiger partial charge is 0.439 e. The highest BCUT2D eigenvalue weighted by molar-refractivity contribution is 5.38. The van der Waals surface area contributed by atoms with Crippen LogP contribution in [0, 0.1) is 6.92 Å². The van der Waals surface area contributed by atoms with Gasteiger partial charge < -0.3 is 9.72 Å². The van der Waals surface area contributed by atoms with Gasteiger partial charge in [-0.15, -0.1) is 0 Å². The molecule has 4 nitrogen and oxygen atoms in total. The summed E-state index contributed by atoms with van der Waals surface area (Å²) < 4.78 is 5.76. The molecule has 0 saturated heterocycles. The van der Waals surface area contributed by atoms with Crippen LogP contribution in [-0.4, -0.2) is 9.97 Å². The maximum Gasteiger partial charge on any atom is 0.254 e. The fraction of sp³-hybridized carbons (Fsp3) is 0.412. The number of hydrogen-bond acceptors (Lipinski definition) is 3. The summed E-state index contributed by atoms with van der Waals surface area (Å²) in [7, 11) is 0. The molecule has 0 amide bonds. The van der Waals surface area contributed by atoms with Crippen molar-refractivity contribution < 1.29 is 4.74 Å². The molecule has 1 fully saturated rings. The van der Waals surface area contributed by atoms with E-state index in [2.05, 4.69) is 36.8 Å². The second-order valence-electron chi connectivity index (χ2n) is 6.02. The molecule has 1 saturated carbocycles. The van der Waals surface area contributed by atoms with Gasteiger partial charge in [-0.3, -0.25) is 4.79 Å². The van der Waals surface area contributed by atoms with E-state index in [4.69, 9.17) is 4.74 Å². The predicted molar refractivity (Wildman–Crippen MR) is 82.2 cm³/mol. The van der Waals surface area contributed by atoms with E-state index in [-0.39, 0.29) is 5.56 Å². The van der Waals surface area contributed by atoms with Crippen molar-refractivity contribution in [3.05, 3.63) is 51.6 Å². The Balaban J connectivity index is 1.86. The highest BCUT2D eigenvalue weighted by Crippen LogP contribution is 2.38. The van der Waals surface area contributed by atoms with Gasteiger partial charge in [0.2, 0.25) is 5.88 Å². The first-order valence-electron chi connectivity index (χ1n) is 7.42. The predicted octanol–water partition coefficient (Wildman–Crippen LogP) is 3.87. The van der Waals surface area contributed by atoms with Gasteiger partial charge in [0, 0.05) is 5.92 Å².